The van der Waals surface area contributed by atoms with Crippen LogP contribution < -0.4 is 15.0 Å². The summed E-state index contributed by atoms with van der Waals surface area (Å²) >= 11 is 0. The van der Waals surface area contributed by atoms with E-state index in [2.05, 4.69) is 10.3 Å². The number of carbonyl (C=O) groups excluding carboxylic acids is 2. The van der Waals surface area contributed by atoms with Crippen LogP contribution in [0.3, 0.4) is 0 Å². The number of hydrogen-bond acceptors (Lipinski definition) is 4. The van der Waals surface area contributed by atoms with Gasteiger partial charge < -0.3 is 10.1 Å². The predicted octanol–water partition coefficient (Wildman–Crippen LogP) is 2.84. The van der Waals surface area contributed by atoms with Crippen molar-refractivity contribution in [2.75, 3.05) is 16.8 Å². The predicted molar refractivity (Wildman–Crippen MR) is 95.8 cm³/mol. The van der Waals surface area contributed by atoms with Crippen LogP contribution in [0.15, 0.2) is 36.5 Å². The largest absolute Gasteiger partial charge is 0.464 e. The van der Waals surface area contributed by atoms with Crippen LogP contribution in [-0.4, -0.2) is 28.9 Å². The molecule has 2 aromatic rings. The van der Waals surface area contributed by atoms with Gasteiger partial charge in [0.25, 0.3) is 17.4 Å². The highest BCUT2D eigenvalue weighted by Crippen LogP contribution is 2.36. The van der Waals surface area contributed by atoms with E-state index in [-0.39, 0.29) is 0 Å². The summed E-state index contributed by atoms with van der Waals surface area (Å²) in [6.07, 6.45) is 1.59. The van der Waals surface area contributed by atoms with Crippen molar-refractivity contribution in [3.63, 3.8) is 0 Å². The lowest BCUT2D eigenvalue weighted by molar-refractivity contribution is -0.145. The third kappa shape index (κ3) is 2.84. The Kier molecular flexibility index (Phi) is 4.20. The molecular weight excluding hydrogens is 318 g/mol. The van der Waals surface area contributed by atoms with Crippen LogP contribution in [0, 0.1) is 13.8 Å². The molecule has 1 aliphatic heterocycles. The number of nitrogens with one attached hydrogen (secondary N) is 1. The van der Waals surface area contributed by atoms with E-state index in [1.54, 1.807) is 18.3 Å². The molecule has 3 rings (SSSR count). The minimum Gasteiger partial charge on any atom is -0.464 e. The number of benzene rings is 1. The topological polar surface area (TPSA) is 71.5 Å². The molecule has 0 fully saturated rings. The average Bonchev–Trinajstić information content (AvgIpc) is 2.58. The maximum absolute atomic E-state index is 12.9. The van der Waals surface area contributed by atoms with Crippen molar-refractivity contribution < 1.29 is 14.3 Å². The molecule has 2 heterocycles. The van der Waals surface area contributed by atoms with Crippen LogP contribution in [0.5, 0.6) is 5.75 Å². The van der Waals surface area contributed by atoms with E-state index in [1.807, 2.05) is 39.0 Å². The molecule has 0 spiro atoms. The molecule has 0 bridgehead atoms. The zero-order chi connectivity index (χ0) is 18.2. The number of fused-ring (bicyclic) bond motifs is 1. The lowest BCUT2D eigenvalue weighted by atomic mass is 10.0. The number of aromatic nitrogens is 1. The fourth-order valence-electron chi connectivity index (χ4n) is 2.91. The van der Waals surface area contributed by atoms with Crippen molar-refractivity contribution in [1.82, 2.24) is 4.98 Å². The first-order chi connectivity index (χ1) is 11.9. The van der Waals surface area contributed by atoms with Crippen LogP contribution in [0.2, 0.25) is 0 Å². The van der Waals surface area contributed by atoms with Crippen LogP contribution in [0.25, 0.3) is 0 Å². The second kappa shape index (κ2) is 6.20. The molecular formula is C19H21N3O3. The molecule has 130 valence electrons. The van der Waals surface area contributed by atoms with E-state index < -0.39 is 17.4 Å². The standard InChI is InChI=1S/C19H21N3O3/c1-5-22-16-15(7-6-10-20-16)25-19(4,18(22)24)17(23)21-14-9-8-12(2)11-13(14)3/h6-11H,5H2,1-4H3,(H,21,23). The first-order valence-corrected chi connectivity index (χ1v) is 8.21. The number of ether oxygens (including phenoxy) is 1. The molecule has 1 aromatic heterocycles. The maximum Gasteiger partial charge on any atom is 0.282 e. The van der Waals surface area contributed by atoms with Gasteiger partial charge in [-0.15, -0.1) is 0 Å². The van der Waals surface area contributed by atoms with Gasteiger partial charge in [0.05, 0.1) is 0 Å². The minimum absolute atomic E-state index is 0.401. The van der Waals surface area contributed by atoms with Crippen LogP contribution in [0.4, 0.5) is 11.5 Å². The van der Waals surface area contributed by atoms with Crippen molar-refractivity contribution in [3.8, 4) is 5.75 Å². The summed E-state index contributed by atoms with van der Waals surface area (Å²) in [5.74, 6) is -0.0742. The van der Waals surface area contributed by atoms with Gasteiger partial charge in [-0.25, -0.2) is 4.98 Å². The highest BCUT2D eigenvalue weighted by molar-refractivity contribution is 6.19. The lowest BCUT2D eigenvalue weighted by Gasteiger charge is -2.38. The number of likely N-dealkylation sites (N-methyl/N-ethyl adjacent to an activating group) is 1. The summed E-state index contributed by atoms with van der Waals surface area (Å²) in [5, 5.41) is 2.82. The Balaban J connectivity index is 1.95. The van der Waals surface area contributed by atoms with Crippen molar-refractivity contribution in [1.29, 1.82) is 0 Å². The molecule has 2 amide bonds. The van der Waals surface area contributed by atoms with Gasteiger partial charge in [0.1, 0.15) is 0 Å². The summed E-state index contributed by atoms with van der Waals surface area (Å²) < 4.78 is 5.80. The smallest absolute Gasteiger partial charge is 0.282 e. The molecule has 1 aromatic carbocycles. The second-order valence-electron chi connectivity index (χ2n) is 6.28. The molecule has 1 unspecified atom stereocenters. The Labute approximate surface area is 146 Å². The molecule has 0 saturated heterocycles. The van der Waals surface area contributed by atoms with Crippen LogP contribution >= 0.6 is 0 Å². The molecule has 0 radical (unpaired) electrons. The molecule has 25 heavy (non-hydrogen) atoms. The summed E-state index contributed by atoms with van der Waals surface area (Å²) in [7, 11) is 0. The summed E-state index contributed by atoms with van der Waals surface area (Å²) in [6, 6.07) is 9.13. The van der Waals surface area contributed by atoms with Gasteiger partial charge in [-0.05, 0) is 51.5 Å². The maximum atomic E-state index is 12.9. The molecule has 0 aliphatic carbocycles. The highest BCUT2D eigenvalue weighted by atomic mass is 16.5. The zero-order valence-corrected chi connectivity index (χ0v) is 14.8. The summed E-state index contributed by atoms with van der Waals surface area (Å²) in [4.78, 5) is 31.5. The Morgan fingerprint density at radius 3 is 2.76 bits per heavy atom. The molecule has 1 aliphatic rings. The average molecular weight is 339 g/mol. The molecule has 1 atom stereocenters. The van der Waals surface area contributed by atoms with E-state index in [0.29, 0.717) is 23.8 Å². The quantitative estimate of drug-likeness (QED) is 0.873. The molecule has 6 heteroatoms. The van der Waals surface area contributed by atoms with Gasteiger partial charge in [0.2, 0.25) is 0 Å². The number of aryl methyl sites for hydroxylation is 2. The summed E-state index contributed by atoms with van der Waals surface area (Å²) in [5.41, 5.74) is 1.04. The molecule has 1 N–H and O–H groups in total. The third-order valence-corrected chi connectivity index (χ3v) is 4.35. The molecule has 0 saturated carbocycles. The van der Waals surface area contributed by atoms with Crippen molar-refractivity contribution in [3.05, 3.63) is 47.7 Å². The van der Waals surface area contributed by atoms with Crippen molar-refractivity contribution >= 4 is 23.3 Å². The summed E-state index contributed by atoms with van der Waals surface area (Å²) in [6.45, 7) is 7.62. The Bertz CT molecular complexity index is 850. The number of amides is 2. The van der Waals surface area contributed by atoms with E-state index in [4.69, 9.17) is 4.74 Å². The Morgan fingerprint density at radius 1 is 1.32 bits per heavy atom. The van der Waals surface area contributed by atoms with Gasteiger partial charge in [0.15, 0.2) is 11.6 Å². The minimum atomic E-state index is -1.65. The number of pyridine rings is 1. The highest BCUT2D eigenvalue weighted by Gasteiger charge is 2.50. The zero-order valence-electron chi connectivity index (χ0n) is 14.8. The molecule has 6 nitrogen and oxygen atoms in total. The number of rotatable bonds is 3. The van der Waals surface area contributed by atoms with E-state index in [1.165, 1.54) is 11.8 Å². The SMILES string of the molecule is CCN1C(=O)C(C)(C(=O)Nc2ccc(C)cc2C)Oc2cccnc21. The van der Waals surface area contributed by atoms with Crippen LogP contribution in [0.1, 0.15) is 25.0 Å². The van der Waals surface area contributed by atoms with Crippen molar-refractivity contribution in [2.45, 2.75) is 33.3 Å². The van der Waals surface area contributed by atoms with E-state index in [9.17, 15) is 9.59 Å². The van der Waals surface area contributed by atoms with Gasteiger partial charge in [-0.1, -0.05) is 17.7 Å². The second-order valence-corrected chi connectivity index (χ2v) is 6.28. The first kappa shape index (κ1) is 17.0. The number of nitrogens with zero attached hydrogens (tertiary/aromatic N) is 2. The fourth-order valence-corrected chi connectivity index (χ4v) is 2.91. The number of anilines is 2. The monoisotopic (exact) mass is 339 g/mol. The van der Waals surface area contributed by atoms with Gasteiger partial charge >= 0.3 is 0 Å². The van der Waals surface area contributed by atoms with Crippen molar-refractivity contribution in [2.24, 2.45) is 0 Å². The van der Waals surface area contributed by atoms with Crippen LogP contribution in [-0.2, 0) is 9.59 Å². The van der Waals surface area contributed by atoms with Gasteiger partial charge in [-0.3, -0.25) is 14.5 Å². The number of hydrogen-bond donors (Lipinski definition) is 1. The van der Waals surface area contributed by atoms with Gasteiger partial charge in [-0.2, -0.15) is 0 Å². The van der Waals surface area contributed by atoms with E-state index in [0.717, 1.165) is 11.1 Å². The third-order valence-electron chi connectivity index (χ3n) is 4.35. The Morgan fingerprint density at radius 2 is 2.08 bits per heavy atom. The number of carbonyl (C=O) groups is 2. The van der Waals surface area contributed by atoms with E-state index >= 15 is 0 Å². The van der Waals surface area contributed by atoms with Gasteiger partial charge in [0, 0.05) is 18.4 Å². The fraction of sp³-hybridized carbons (Fsp3) is 0.316. The normalized spacial score (nSPS) is 19.2. The first-order valence-electron chi connectivity index (χ1n) is 8.21. The lowest BCUT2D eigenvalue weighted by Crippen LogP contribution is -2.60. The Hall–Kier alpha value is -2.89.